The molecule has 192 valence electrons. The summed E-state index contributed by atoms with van der Waals surface area (Å²) in [5.41, 5.74) is 0.133. The van der Waals surface area contributed by atoms with E-state index < -0.39 is 52.9 Å². The van der Waals surface area contributed by atoms with Gasteiger partial charge >= 0.3 is 6.16 Å². The highest BCUT2D eigenvalue weighted by molar-refractivity contribution is 5.97. The van der Waals surface area contributed by atoms with Crippen LogP contribution in [0.2, 0.25) is 0 Å². The Morgan fingerprint density at radius 3 is 2.30 bits per heavy atom. The monoisotopic (exact) mass is 509 g/mol. The Hall–Kier alpha value is -4.08. The maximum absolute atomic E-state index is 14.4. The van der Waals surface area contributed by atoms with Gasteiger partial charge in [-0.05, 0) is 62.1 Å². The van der Waals surface area contributed by atoms with Crippen molar-refractivity contribution in [3.63, 3.8) is 0 Å². The molecule has 2 aromatic carbocycles. The van der Waals surface area contributed by atoms with Gasteiger partial charge in [0.1, 0.15) is 11.6 Å². The first-order valence-electron chi connectivity index (χ1n) is 12.1. The molecule has 0 aliphatic carbocycles. The number of hydrogen-bond donors (Lipinski definition) is 0. The highest BCUT2D eigenvalue weighted by Gasteiger charge is 2.48. The number of ether oxygens (including phenoxy) is 2. The molecule has 5 rings (SSSR count). The number of rotatable bonds is 5. The van der Waals surface area contributed by atoms with E-state index in [1.54, 1.807) is 43.0 Å². The fraction of sp³-hybridized carbons (Fsp3) is 0.333. The Labute approximate surface area is 211 Å². The van der Waals surface area contributed by atoms with E-state index in [2.05, 4.69) is 5.10 Å². The number of carbonyl (C=O) groups is 2. The van der Waals surface area contributed by atoms with Crippen molar-refractivity contribution in [2.24, 2.45) is 0 Å². The van der Waals surface area contributed by atoms with Crippen molar-refractivity contribution in [2.75, 3.05) is 6.54 Å². The van der Waals surface area contributed by atoms with Crippen molar-refractivity contribution in [3.8, 4) is 5.75 Å². The second-order valence-corrected chi connectivity index (χ2v) is 9.44. The predicted octanol–water partition coefficient (Wildman–Crippen LogP) is 4.44. The van der Waals surface area contributed by atoms with Crippen LogP contribution in [-0.2, 0) is 4.74 Å². The van der Waals surface area contributed by atoms with E-state index >= 15 is 0 Å². The van der Waals surface area contributed by atoms with Crippen LogP contribution >= 0.6 is 0 Å². The number of halogens is 2. The molecule has 1 fully saturated rings. The van der Waals surface area contributed by atoms with Gasteiger partial charge in [-0.3, -0.25) is 9.59 Å². The second kappa shape index (κ2) is 9.76. The van der Waals surface area contributed by atoms with E-state index in [0.717, 1.165) is 6.20 Å². The zero-order valence-corrected chi connectivity index (χ0v) is 20.3. The molecule has 3 aromatic rings. The normalized spacial score (nSPS) is 18.6. The van der Waals surface area contributed by atoms with E-state index in [-0.39, 0.29) is 11.7 Å². The Morgan fingerprint density at radius 1 is 1.05 bits per heavy atom. The fourth-order valence-corrected chi connectivity index (χ4v) is 5.32. The molecule has 1 aromatic heterocycles. The third-order valence-corrected chi connectivity index (χ3v) is 6.68. The molecule has 1 saturated heterocycles. The van der Waals surface area contributed by atoms with Crippen LogP contribution in [0.1, 0.15) is 60.3 Å². The molecule has 2 aliphatic rings. The minimum atomic E-state index is -1.12. The number of nitrogens with zero attached hydrogens (tertiary/aromatic N) is 3. The molecule has 0 radical (unpaired) electrons. The molecule has 8 nitrogen and oxygen atoms in total. The number of fused-ring (bicyclic) bond motifs is 2. The van der Waals surface area contributed by atoms with Crippen LogP contribution in [0.15, 0.2) is 59.5 Å². The summed E-state index contributed by atoms with van der Waals surface area (Å²) in [7, 11) is 0. The summed E-state index contributed by atoms with van der Waals surface area (Å²) in [6.45, 7) is 3.65. The maximum Gasteiger partial charge on any atom is 0.514 e. The van der Waals surface area contributed by atoms with Crippen LogP contribution in [-0.4, -0.2) is 45.4 Å². The number of carbonyl (C=O) groups excluding carboxylic acids is 2. The molecule has 37 heavy (non-hydrogen) atoms. The molecule has 0 spiro atoms. The Morgan fingerprint density at radius 2 is 1.70 bits per heavy atom. The van der Waals surface area contributed by atoms with E-state index in [0.29, 0.717) is 30.5 Å². The average molecular weight is 510 g/mol. The zero-order valence-electron chi connectivity index (χ0n) is 20.3. The summed E-state index contributed by atoms with van der Waals surface area (Å²) in [5, 5.41) is 4.29. The Kier molecular flexibility index (Phi) is 6.49. The highest BCUT2D eigenvalue weighted by Crippen LogP contribution is 2.46. The third-order valence-electron chi connectivity index (χ3n) is 6.68. The molecule has 2 aliphatic heterocycles. The first-order valence-corrected chi connectivity index (χ1v) is 12.1. The van der Waals surface area contributed by atoms with Crippen LogP contribution in [0.4, 0.5) is 13.6 Å². The minimum Gasteiger partial charge on any atom is -0.431 e. The van der Waals surface area contributed by atoms with Crippen molar-refractivity contribution in [1.82, 2.24) is 14.7 Å². The van der Waals surface area contributed by atoms with Crippen molar-refractivity contribution in [2.45, 2.75) is 50.8 Å². The third kappa shape index (κ3) is 4.59. The number of aromatic nitrogens is 2. The first-order chi connectivity index (χ1) is 17.7. The standard InChI is InChI=1S/C27H25F2N3O5/c1-15(2)36-27(35)37-25-21(33)14-30-32-23(20-10-5-11-31(20)26(34)24(25)32)22(16-6-3-8-18(28)12-16)17-7-4-9-19(29)13-17/h3-4,6-9,12-15,20,22-23H,5,10-11H2,1-2H3/t20-,23-/m1/s1. The lowest BCUT2D eigenvalue weighted by molar-refractivity contribution is 0.0544. The lowest BCUT2D eigenvalue weighted by Crippen LogP contribution is -2.51. The molecule has 0 saturated carbocycles. The predicted molar refractivity (Wildman–Crippen MR) is 128 cm³/mol. The van der Waals surface area contributed by atoms with Crippen LogP contribution in [0.3, 0.4) is 0 Å². The van der Waals surface area contributed by atoms with E-state index in [1.165, 1.54) is 28.9 Å². The van der Waals surface area contributed by atoms with E-state index in [4.69, 9.17) is 9.47 Å². The number of hydrogen-bond acceptors (Lipinski definition) is 6. The molecule has 0 unspecified atom stereocenters. The topological polar surface area (TPSA) is 90.7 Å². The lowest BCUT2D eigenvalue weighted by Gasteiger charge is -2.42. The summed E-state index contributed by atoms with van der Waals surface area (Å²) in [5.74, 6) is -2.58. The summed E-state index contributed by atoms with van der Waals surface area (Å²) in [4.78, 5) is 40.3. The van der Waals surface area contributed by atoms with Gasteiger partial charge < -0.3 is 14.4 Å². The van der Waals surface area contributed by atoms with Gasteiger partial charge in [0.15, 0.2) is 5.69 Å². The summed E-state index contributed by atoms with van der Waals surface area (Å²) in [6, 6.07) is 10.9. The Bertz CT molecular complexity index is 1380. The van der Waals surface area contributed by atoms with Crippen LogP contribution in [0, 0.1) is 11.6 Å². The van der Waals surface area contributed by atoms with Gasteiger partial charge in [-0.1, -0.05) is 24.3 Å². The largest absolute Gasteiger partial charge is 0.514 e. The van der Waals surface area contributed by atoms with Gasteiger partial charge in [0, 0.05) is 12.5 Å². The van der Waals surface area contributed by atoms with Gasteiger partial charge in [-0.15, -0.1) is 0 Å². The smallest absolute Gasteiger partial charge is 0.431 e. The van der Waals surface area contributed by atoms with Gasteiger partial charge in [0.2, 0.25) is 11.2 Å². The van der Waals surface area contributed by atoms with Gasteiger partial charge in [0.25, 0.3) is 5.91 Å². The lowest BCUT2D eigenvalue weighted by atomic mass is 9.80. The molecule has 10 heteroatoms. The molecular formula is C27H25F2N3O5. The summed E-state index contributed by atoms with van der Waals surface area (Å²) >= 11 is 0. The van der Waals surface area contributed by atoms with E-state index in [1.807, 2.05) is 0 Å². The molecule has 3 heterocycles. The molecule has 0 N–H and O–H groups in total. The molecule has 0 bridgehead atoms. The molecule has 2 atom stereocenters. The van der Waals surface area contributed by atoms with E-state index in [9.17, 15) is 23.2 Å². The number of benzene rings is 2. The fourth-order valence-electron chi connectivity index (χ4n) is 5.32. The second-order valence-electron chi connectivity index (χ2n) is 9.44. The molecule has 1 amide bonds. The van der Waals surface area contributed by atoms with Crippen LogP contribution in [0.25, 0.3) is 0 Å². The quantitative estimate of drug-likeness (QED) is 0.473. The van der Waals surface area contributed by atoms with Gasteiger partial charge in [0.05, 0.1) is 24.4 Å². The maximum atomic E-state index is 14.4. The first kappa shape index (κ1) is 24.6. The summed E-state index contributed by atoms with van der Waals surface area (Å²) < 4.78 is 40.5. The summed E-state index contributed by atoms with van der Waals surface area (Å²) in [6.07, 6.45) is 0.651. The highest BCUT2D eigenvalue weighted by atomic mass is 19.1. The average Bonchev–Trinajstić information content (AvgIpc) is 3.33. The SMILES string of the molecule is CC(C)OC(=O)Oc1c2n(ncc1=O)[C@@H](C(c1cccc(F)c1)c1cccc(F)c1)[C@H]1CCCN1C2=O. The van der Waals surface area contributed by atoms with Crippen molar-refractivity contribution < 1.29 is 27.8 Å². The van der Waals surface area contributed by atoms with Crippen molar-refractivity contribution in [3.05, 3.63) is 93.4 Å². The van der Waals surface area contributed by atoms with Gasteiger partial charge in [-0.2, -0.15) is 5.10 Å². The van der Waals surface area contributed by atoms with Crippen LogP contribution in [0.5, 0.6) is 5.75 Å². The van der Waals surface area contributed by atoms with Crippen LogP contribution < -0.4 is 10.2 Å². The zero-order chi connectivity index (χ0) is 26.3. The number of amides is 1. The minimum absolute atomic E-state index is 0.200. The van der Waals surface area contributed by atoms with Gasteiger partial charge in [-0.25, -0.2) is 18.3 Å². The Balaban J connectivity index is 1.73. The molecular weight excluding hydrogens is 484 g/mol. The van der Waals surface area contributed by atoms with Crippen molar-refractivity contribution >= 4 is 12.1 Å². The van der Waals surface area contributed by atoms with Crippen molar-refractivity contribution in [1.29, 1.82) is 0 Å².